The molecule has 1 unspecified atom stereocenters. The van der Waals surface area contributed by atoms with Gasteiger partial charge in [0.2, 0.25) is 5.91 Å². The van der Waals surface area contributed by atoms with Crippen LogP contribution < -0.4 is 10.6 Å². The molecule has 2 aromatic carbocycles. The Morgan fingerprint density at radius 1 is 1.12 bits per heavy atom. The van der Waals surface area contributed by atoms with Gasteiger partial charge in [-0.2, -0.15) is 0 Å². The summed E-state index contributed by atoms with van der Waals surface area (Å²) in [7, 11) is 0. The van der Waals surface area contributed by atoms with Gasteiger partial charge in [0.1, 0.15) is 0 Å². The highest BCUT2D eigenvalue weighted by atomic mass is 16.2. The van der Waals surface area contributed by atoms with E-state index in [0.717, 1.165) is 12.0 Å². The highest BCUT2D eigenvalue weighted by molar-refractivity contribution is 5.81. The van der Waals surface area contributed by atoms with Gasteiger partial charge in [0.15, 0.2) is 0 Å². The van der Waals surface area contributed by atoms with E-state index in [2.05, 4.69) is 29.7 Å². The zero-order valence-corrected chi connectivity index (χ0v) is 15.1. The fourth-order valence-corrected chi connectivity index (χ4v) is 3.26. The Labute approximate surface area is 154 Å². The first-order valence-corrected chi connectivity index (χ1v) is 9.02. The number of nitrogens with zero attached hydrogens (tertiary/aromatic N) is 1. The van der Waals surface area contributed by atoms with Crippen LogP contribution in [0.1, 0.15) is 23.1 Å². The third-order valence-electron chi connectivity index (χ3n) is 4.71. The Hall–Kier alpha value is -2.82. The number of hydrogen-bond acceptors (Lipinski definition) is 2. The van der Waals surface area contributed by atoms with Gasteiger partial charge < -0.3 is 15.5 Å². The molecule has 0 aromatic heterocycles. The van der Waals surface area contributed by atoms with Gasteiger partial charge in [0.05, 0.1) is 6.04 Å². The van der Waals surface area contributed by atoms with Crippen LogP contribution in [0.2, 0.25) is 0 Å². The second-order valence-corrected chi connectivity index (χ2v) is 6.74. The van der Waals surface area contributed by atoms with Crippen LogP contribution in [-0.4, -0.2) is 36.0 Å². The summed E-state index contributed by atoms with van der Waals surface area (Å²) in [6.07, 6.45) is 1.15. The molecule has 0 spiro atoms. The van der Waals surface area contributed by atoms with Gasteiger partial charge in [-0.25, -0.2) is 4.79 Å². The first-order chi connectivity index (χ1) is 12.6. The van der Waals surface area contributed by atoms with Crippen molar-refractivity contribution < 1.29 is 9.59 Å². The van der Waals surface area contributed by atoms with E-state index in [0.29, 0.717) is 26.1 Å². The lowest BCUT2D eigenvalue weighted by Crippen LogP contribution is -2.43. The number of rotatable bonds is 6. The normalized spacial score (nSPS) is 16.6. The number of benzene rings is 2. The Balaban J connectivity index is 1.42. The molecule has 136 valence electrons. The molecule has 1 aliphatic heterocycles. The molecule has 0 saturated carbocycles. The maximum absolute atomic E-state index is 12.2. The summed E-state index contributed by atoms with van der Waals surface area (Å²) in [5.74, 6) is 0.0825. The number of likely N-dealkylation sites (tertiary alicyclic amines) is 1. The van der Waals surface area contributed by atoms with Crippen LogP contribution in [0.5, 0.6) is 0 Å². The fourth-order valence-electron chi connectivity index (χ4n) is 3.26. The molecule has 2 aromatic rings. The second-order valence-electron chi connectivity index (χ2n) is 6.74. The summed E-state index contributed by atoms with van der Waals surface area (Å²) < 4.78 is 0. The Morgan fingerprint density at radius 3 is 2.62 bits per heavy atom. The van der Waals surface area contributed by atoms with Crippen molar-refractivity contribution in [3.05, 3.63) is 71.3 Å². The molecule has 5 heteroatoms. The highest BCUT2D eigenvalue weighted by Crippen LogP contribution is 2.15. The van der Waals surface area contributed by atoms with Crippen molar-refractivity contribution >= 4 is 11.9 Å². The Morgan fingerprint density at radius 2 is 1.85 bits per heavy atom. The lowest BCUT2D eigenvalue weighted by molar-refractivity contribution is -0.128. The van der Waals surface area contributed by atoms with E-state index >= 15 is 0 Å². The molecule has 5 nitrogen and oxygen atoms in total. The van der Waals surface area contributed by atoms with Crippen LogP contribution >= 0.6 is 0 Å². The van der Waals surface area contributed by atoms with E-state index in [1.165, 1.54) is 11.1 Å². The number of aryl methyl sites for hydroxylation is 1. The molecule has 0 bridgehead atoms. The summed E-state index contributed by atoms with van der Waals surface area (Å²) >= 11 is 0. The molecule has 0 radical (unpaired) electrons. The SMILES string of the molecule is Cc1ccccc1CCNC(=O)NC1CC(=O)N(Cc2ccccc2)C1. The molecule has 1 atom stereocenters. The number of hydrogen-bond donors (Lipinski definition) is 2. The monoisotopic (exact) mass is 351 g/mol. The lowest BCUT2D eigenvalue weighted by atomic mass is 10.1. The first kappa shape index (κ1) is 18.0. The van der Waals surface area contributed by atoms with Crippen LogP contribution in [0, 0.1) is 6.92 Å². The van der Waals surface area contributed by atoms with Crippen LogP contribution in [0.15, 0.2) is 54.6 Å². The van der Waals surface area contributed by atoms with E-state index in [4.69, 9.17) is 0 Å². The van der Waals surface area contributed by atoms with Gasteiger partial charge in [-0.3, -0.25) is 4.79 Å². The van der Waals surface area contributed by atoms with Gasteiger partial charge in [0.25, 0.3) is 0 Å². The maximum Gasteiger partial charge on any atom is 0.315 e. The second kappa shape index (κ2) is 8.52. The van der Waals surface area contributed by atoms with Crippen molar-refractivity contribution in [2.75, 3.05) is 13.1 Å². The van der Waals surface area contributed by atoms with Crippen molar-refractivity contribution in [1.82, 2.24) is 15.5 Å². The minimum Gasteiger partial charge on any atom is -0.338 e. The molecule has 26 heavy (non-hydrogen) atoms. The number of nitrogens with one attached hydrogen (secondary N) is 2. The predicted molar refractivity (Wildman–Crippen MR) is 102 cm³/mol. The Kier molecular flexibility index (Phi) is 5.89. The largest absolute Gasteiger partial charge is 0.338 e. The Bertz CT molecular complexity index is 761. The molecule has 2 N–H and O–H groups in total. The van der Waals surface area contributed by atoms with Crippen molar-refractivity contribution in [2.24, 2.45) is 0 Å². The predicted octanol–water partition coefficient (Wildman–Crippen LogP) is 2.64. The van der Waals surface area contributed by atoms with Crippen LogP contribution in [0.4, 0.5) is 4.79 Å². The van der Waals surface area contributed by atoms with E-state index in [9.17, 15) is 9.59 Å². The first-order valence-electron chi connectivity index (χ1n) is 9.02. The summed E-state index contributed by atoms with van der Waals surface area (Å²) in [5.41, 5.74) is 3.56. The zero-order valence-electron chi connectivity index (χ0n) is 15.1. The fraction of sp³-hybridized carbons (Fsp3) is 0.333. The molecule has 1 fully saturated rings. The topological polar surface area (TPSA) is 61.4 Å². The average molecular weight is 351 g/mol. The molecule has 3 amide bonds. The van der Waals surface area contributed by atoms with Crippen molar-refractivity contribution in [3.63, 3.8) is 0 Å². The van der Waals surface area contributed by atoms with E-state index in [1.807, 2.05) is 42.5 Å². The summed E-state index contributed by atoms with van der Waals surface area (Å²) in [4.78, 5) is 26.1. The van der Waals surface area contributed by atoms with E-state index in [-0.39, 0.29) is 18.0 Å². The lowest BCUT2D eigenvalue weighted by Gasteiger charge is -2.17. The molecular weight excluding hydrogens is 326 g/mol. The summed E-state index contributed by atoms with van der Waals surface area (Å²) in [6.45, 7) is 3.79. The van der Waals surface area contributed by atoms with Gasteiger partial charge in [-0.05, 0) is 30.0 Å². The summed E-state index contributed by atoms with van der Waals surface area (Å²) in [5, 5.41) is 5.80. The van der Waals surface area contributed by atoms with Crippen LogP contribution in [0.3, 0.4) is 0 Å². The molecule has 1 heterocycles. The number of carbonyl (C=O) groups excluding carboxylic acids is 2. The van der Waals surface area contributed by atoms with E-state index in [1.54, 1.807) is 4.90 Å². The third kappa shape index (κ3) is 4.85. The van der Waals surface area contributed by atoms with E-state index < -0.39 is 0 Å². The van der Waals surface area contributed by atoms with Gasteiger partial charge in [-0.15, -0.1) is 0 Å². The standard InChI is InChI=1S/C21H25N3O2/c1-16-7-5-6-10-18(16)11-12-22-21(26)23-19-13-20(25)24(15-19)14-17-8-3-2-4-9-17/h2-10,19H,11-15H2,1H3,(H2,22,23,26). The molecule has 1 saturated heterocycles. The zero-order chi connectivity index (χ0) is 18.4. The van der Waals surface area contributed by atoms with Gasteiger partial charge in [-0.1, -0.05) is 54.6 Å². The number of amides is 3. The number of carbonyl (C=O) groups is 2. The molecule has 1 aliphatic rings. The quantitative estimate of drug-likeness (QED) is 0.840. The van der Waals surface area contributed by atoms with Crippen molar-refractivity contribution in [2.45, 2.75) is 32.4 Å². The molecule has 0 aliphatic carbocycles. The minimum atomic E-state index is -0.210. The minimum absolute atomic E-state index is 0.0825. The third-order valence-corrected chi connectivity index (χ3v) is 4.71. The average Bonchev–Trinajstić information content (AvgIpc) is 2.96. The van der Waals surface area contributed by atoms with Crippen LogP contribution in [0.25, 0.3) is 0 Å². The van der Waals surface area contributed by atoms with Gasteiger partial charge >= 0.3 is 6.03 Å². The van der Waals surface area contributed by atoms with Crippen molar-refractivity contribution in [3.8, 4) is 0 Å². The van der Waals surface area contributed by atoms with Gasteiger partial charge in [0, 0.05) is 26.1 Å². The van der Waals surface area contributed by atoms with Crippen molar-refractivity contribution in [1.29, 1.82) is 0 Å². The number of urea groups is 1. The highest BCUT2D eigenvalue weighted by Gasteiger charge is 2.30. The smallest absolute Gasteiger partial charge is 0.315 e. The van der Waals surface area contributed by atoms with Crippen LogP contribution in [-0.2, 0) is 17.8 Å². The summed E-state index contributed by atoms with van der Waals surface area (Å²) in [6, 6.07) is 17.7. The molecule has 3 rings (SSSR count). The maximum atomic E-state index is 12.2. The molecular formula is C21H25N3O2.